The molecule has 0 spiro atoms. The molecule has 3 nitrogen and oxygen atoms in total. The van der Waals surface area contributed by atoms with E-state index < -0.39 is 0 Å². The van der Waals surface area contributed by atoms with Crippen LogP contribution in [0.1, 0.15) is 24.8 Å². The SMILES string of the molecule is CN1CCCC2CN(c3ccc(CN)cc3)CCC21. The van der Waals surface area contributed by atoms with Gasteiger partial charge in [0.2, 0.25) is 0 Å². The highest BCUT2D eigenvalue weighted by molar-refractivity contribution is 5.48. The van der Waals surface area contributed by atoms with Crippen LogP contribution in [0.25, 0.3) is 0 Å². The van der Waals surface area contributed by atoms with E-state index >= 15 is 0 Å². The number of hydrogen-bond acceptors (Lipinski definition) is 3. The molecule has 0 saturated carbocycles. The fourth-order valence-electron chi connectivity index (χ4n) is 3.73. The molecule has 1 aromatic rings. The van der Waals surface area contributed by atoms with Gasteiger partial charge in [0, 0.05) is 31.4 Å². The van der Waals surface area contributed by atoms with Crippen molar-refractivity contribution in [2.45, 2.75) is 31.8 Å². The fraction of sp³-hybridized carbons (Fsp3) is 0.625. The van der Waals surface area contributed by atoms with Gasteiger partial charge in [-0.05, 0) is 56.5 Å². The maximum absolute atomic E-state index is 5.66. The molecule has 104 valence electrons. The van der Waals surface area contributed by atoms with Crippen molar-refractivity contribution in [1.29, 1.82) is 0 Å². The Morgan fingerprint density at radius 1 is 1.16 bits per heavy atom. The average Bonchev–Trinajstić information content (AvgIpc) is 2.47. The number of nitrogens with two attached hydrogens (primary N) is 1. The lowest BCUT2D eigenvalue weighted by Crippen LogP contribution is -2.52. The zero-order chi connectivity index (χ0) is 13.2. The van der Waals surface area contributed by atoms with Crippen molar-refractivity contribution in [2.75, 3.05) is 31.6 Å². The Hall–Kier alpha value is -1.06. The number of piperidine rings is 2. The minimum absolute atomic E-state index is 0.635. The maximum atomic E-state index is 5.66. The van der Waals surface area contributed by atoms with Crippen LogP contribution in [0.3, 0.4) is 0 Å². The van der Waals surface area contributed by atoms with E-state index in [9.17, 15) is 0 Å². The minimum Gasteiger partial charge on any atom is -0.371 e. The third kappa shape index (κ3) is 2.63. The standard InChI is InChI=1S/C16H25N3/c1-18-9-2-3-14-12-19(10-8-16(14)18)15-6-4-13(11-17)5-7-15/h4-7,14,16H,2-3,8-12,17H2,1H3. The monoisotopic (exact) mass is 259 g/mol. The molecule has 0 radical (unpaired) electrons. The third-order valence-corrected chi connectivity index (χ3v) is 4.88. The summed E-state index contributed by atoms with van der Waals surface area (Å²) in [5, 5.41) is 0. The van der Waals surface area contributed by atoms with Crippen LogP contribution < -0.4 is 10.6 Å². The van der Waals surface area contributed by atoms with Crippen LogP contribution in [0, 0.1) is 5.92 Å². The molecule has 0 amide bonds. The van der Waals surface area contributed by atoms with Crippen LogP contribution in [-0.2, 0) is 6.54 Å². The van der Waals surface area contributed by atoms with Crippen molar-refractivity contribution in [1.82, 2.24) is 4.90 Å². The predicted octanol–water partition coefficient (Wildman–Crippen LogP) is 2.07. The molecule has 2 saturated heterocycles. The summed E-state index contributed by atoms with van der Waals surface area (Å²) in [6.07, 6.45) is 4.06. The van der Waals surface area contributed by atoms with Crippen LogP contribution in [0.15, 0.2) is 24.3 Å². The minimum atomic E-state index is 0.635. The van der Waals surface area contributed by atoms with Gasteiger partial charge in [-0.2, -0.15) is 0 Å². The van der Waals surface area contributed by atoms with Gasteiger partial charge in [-0.3, -0.25) is 0 Å². The van der Waals surface area contributed by atoms with Crippen molar-refractivity contribution >= 4 is 5.69 Å². The van der Waals surface area contributed by atoms with Crippen molar-refractivity contribution in [2.24, 2.45) is 11.7 Å². The Labute approximate surface area is 116 Å². The molecule has 19 heavy (non-hydrogen) atoms. The van der Waals surface area contributed by atoms with Gasteiger partial charge in [0.05, 0.1) is 0 Å². The summed E-state index contributed by atoms with van der Waals surface area (Å²) >= 11 is 0. The third-order valence-electron chi connectivity index (χ3n) is 4.88. The highest BCUT2D eigenvalue weighted by Gasteiger charge is 2.34. The highest BCUT2D eigenvalue weighted by atomic mass is 15.2. The van der Waals surface area contributed by atoms with Crippen molar-refractivity contribution in [3.63, 3.8) is 0 Å². The van der Waals surface area contributed by atoms with Crippen LogP contribution in [0.4, 0.5) is 5.69 Å². The van der Waals surface area contributed by atoms with E-state index in [1.807, 2.05) is 0 Å². The molecule has 2 atom stereocenters. The topological polar surface area (TPSA) is 32.5 Å². The summed E-state index contributed by atoms with van der Waals surface area (Å²) in [6, 6.07) is 9.60. The van der Waals surface area contributed by atoms with E-state index in [4.69, 9.17) is 5.73 Å². The van der Waals surface area contributed by atoms with E-state index in [0.29, 0.717) is 6.54 Å². The number of nitrogens with zero attached hydrogens (tertiary/aromatic N) is 2. The number of rotatable bonds is 2. The molecular weight excluding hydrogens is 234 g/mol. The second kappa shape index (κ2) is 5.51. The van der Waals surface area contributed by atoms with Gasteiger partial charge in [-0.1, -0.05) is 12.1 Å². The summed E-state index contributed by atoms with van der Waals surface area (Å²) in [5.74, 6) is 0.849. The Bertz CT molecular complexity index is 415. The van der Waals surface area contributed by atoms with Crippen molar-refractivity contribution < 1.29 is 0 Å². The second-order valence-electron chi connectivity index (χ2n) is 6.06. The molecule has 3 heteroatoms. The predicted molar refractivity (Wildman–Crippen MR) is 80.3 cm³/mol. The Balaban J connectivity index is 1.69. The zero-order valence-corrected chi connectivity index (χ0v) is 11.9. The van der Waals surface area contributed by atoms with Gasteiger partial charge < -0.3 is 15.5 Å². The Morgan fingerprint density at radius 3 is 2.68 bits per heavy atom. The largest absolute Gasteiger partial charge is 0.371 e. The maximum Gasteiger partial charge on any atom is 0.0366 e. The molecule has 2 aliphatic rings. The average molecular weight is 259 g/mol. The number of fused-ring (bicyclic) bond motifs is 1. The van der Waals surface area contributed by atoms with Crippen LogP contribution in [-0.4, -0.2) is 37.6 Å². The van der Waals surface area contributed by atoms with Crippen molar-refractivity contribution in [3.8, 4) is 0 Å². The van der Waals surface area contributed by atoms with E-state index in [1.54, 1.807) is 0 Å². The quantitative estimate of drug-likeness (QED) is 0.882. The molecule has 0 aliphatic carbocycles. The van der Waals surface area contributed by atoms with Gasteiger partial charge in [-0.15, -0.1) is 0 Å². The van der Waals surface area contributed by atoms with Gasteiger partial charge in [0.25, 0.3) is 0 Å². The summed E-state index contributed by atoms with van der Waals surface area (Å²) in [6.45, 7) is 4.33. The molecule has 0 bridgehead atoms. The molecule has 2 heterocycles. The van der Waals surface area contributed by atoms with E-state index in [2.05, 4.69) is 41.1 Å². The van der Waals surface area contributed by atoms with Crippen LogP contribution in [0.2, 0.25) is 0 Å². The van der Waals surface area contributed by atoms with Gasteiger partial charge >= 0.3 is 0 Å². The Kier molecular flexibility index (Phi) is 3.76. The van der Waals surface area contributed by atoms with E-state index in [1.165, 1.54) is 50.1 Å². The first-order valence-electron chi connectivity index (χ1n) is 7.52. The smallest absolute Gasteiger partial charge is 0.0366 e. The molecular formula is C16H25N3. The first kappa shape index (κ1) is 12.9. The van der Waals surface area contributed by atoms with Gasteiger partial charge in [-0.25, -0.2) is 0 Å². The molecule has 0 aromatic heterocycles. The molecule has 1 aromatic carbocycles. The summed E-state index contributed by atoms with van der Waals surface area (Å²) in [7, 11) is 2.29. The van der Waals surface area contributed by atoms with Gasteiger partial charge in [0.1, 0.15) is 0 Å². The normalized spacial score (nSPS) is 28.2. The molecule has 3 rings (SSSR count). The number of benzene rings is 1. The zero-order valence-electron chi connectivity index (χ0n) is 11.9. The van der Waals surface area contributed by atoms with Crippen LogP contribution >= 0.6 is 0 Å². The lowest BCUT2D eigenvalue weighted by molar-refractivity contribution is 0.102. The second-order valence-corrected chi connectivity index (χ2v) is 6.06. The first-order chi connectivity index (χ1) is 9.28. The highest BCUT2D eigenvalue weighted by Crippen LogP contribution is 2.31. The molecule has 2 fully saturated rings. The van der Waals surface area contributed by atoms with E-state index in [0.717, 1.165) is 12.0 Å². The van der Waals surface area contributed by atoms with Crippen molar-refractivity contribution in [3.05, 3.63) is 29.8 Å². The first-order valence-corrected chi connectivity index (χ1v) is 7.52. The fourth-order valence-corrected chi connectivity index (χ4v) is 3.73. The Morgan fingerprint density at radius 2 is 1.95 bits per heavy atom. The van der Waals surface area contributed by atoms with E-state index in [-0.39, 0.29) is 0 Å². The lowest BCUT2D eigenvalue weighted by atomic mass is 9.84. The molecule has 2 N–H and O–H groups in total. The number of hydrogen-bond donors (Lipinski definition) is 1. The van der Waals surface area contributed by atoms with Crippen LogP contribution in [0.5, 0.6) is 0 Å². The molecule has 2 unspecified atom stereocenters. The summed E-state index contributed by atoms with van der Waals surface area (Å²) in [5.41, 5.74) is 8.25. The summed E-state index contributed by atoms with van der Waals surface area (Å²) < 4.78 is 0. The number of anilines is 1. The lowest BCUT2D eigenvalue weighted by Gasteiger charge is -2.46. The summed E-state index contributed by atoms with van der Waals surface area (Å²) in [4.78, 5) is 5.13. The number of likely N-dealkylation sites (tertiary alicyclic amines) is 1. The molecule has 2 aliphatic heterocycles. The van der Waals surface area contributed by atoms with Gasteiger partial charge in [0.15, 0.2) is 0 Å².